The second-order valence-electron chi connectivity index (χ2n) is 9.38. The number of aromatic amines is 1. The lowest BCUT2D eigenvalue weighted by Gasteiger charge is -2.37. The first-order valence-electron chi connectivity index (χ1n) is 12.8. The van der Waals surface area contributed by atoms with Crippen LogP contribution >= 0.6 is 0 Å². The molecule has 7 nitrogen and oxygen atoms in total. The number of ether oxygens (including phenoxy) is 1. The number of benzene rings is 1. The van der Waals surface area contributed by atoms with E-state index in [0.717, 1.165) is 68.0 Å². The van der Waals surface area contributed by atoms with E-state index in [1.165, 1.54) is 0 Å². The topological polar surface area (TPSA) is 85.9 Å². The van der Waals surface area contributed by atoms with Crippen molar-refractivity contribution >= 4 is 11.6 Å². The second kappa shape index (κ2) is 11.7. The van der Waals surface area contributed by atoms with Crippen LogP contribution in [0.2, 0.25) is 0 Å². The number of H-pyrrole nitrogens is 1. The molecule has 4 rings (SSSR count). The molecule has 2 N–H and O–H groups in total. The number of carbonyl (C=O) groups excluding carboxylic acids is 1. The smallest absolute Gasteiger partial charge is 0.254 e. The van der Waals surface area contributed by atoms with Crippen molar-refractivity contribution in [2.24, 2.45) is 0 Å². The van der Waals surface area contributed by atoms with Gasteiger partial charge in [-0.3, -0.25) is 9.59 Å². The number of aliphatic hydroxyl groups excluding tert-OH is 1. The van der Waals surface area contributed by atoms with E-state index in [0.29, 0.717) is 23.6 Å². The first-order valence-corrected chi connectivity index (χ1v) is 12.8. The van der Waals surface area contributed by atoms with Crippen LogP contribution in [-0.2, 0) is 24.1 Å². The van der Waals surface area contributed by atoms with Crippen molar-refractivity contribution in [2.45, 2.75) is 58.5 Å². The maximum atomic E-state index is 13.9. The molecule has 188 valence electrons. The number of nitrogens with zero attached hydrogens (tertiary/aromatic N) is 2. The minimum atomic E-state index is -0.164. The fraction of sp³-hybridized carbons (Fsp3) is 0.500. The van der Waals surface area contributed by atoms with E-state index in [1.807, 2.05) is 25.1 Å². The highest BCUT2D eigenvalue weighted by Crippen LogP contribution is 2.31. The Balaban J connectivity index is 1.79. The highest BCUT2D eigenvalue weighted by atomic mass is 16.5. The Bertz CT molecular complexity index is 1120. The lowest BCUT2D eigenvalue weighted by molar-refractivity contribution is 0.0705. The molecule has 1 fully saturated rings. The highest BCUT2D eigenvalue weighted by molar-refractivity contribution is 5.97. The summed E-state index contributed by atoms with van der Waals surface area (Å²) in [5.41, 5.74) is 4.93. The Morgan fingerprint density at radius 2 is 1.97 bits per heavy atom. The molecule has 2 aliphatic rings. The number of rotatable bonds is 5. The molecule has 35 heavy (non-hydrogen) atoms. The van der Waals surface area contributed by atoms with Gasteiger partial charge in [0.25, 0.3) is 11.5 Å². The van der Waals surface area contributed by atoms with E-state index in [1.54, 1.807) is 4.90 Å². The van der Waals surface area contributed by atoms with E-state index in [2.05, 4.69) is 35.0 Å². The largest absolute Gasteiger partial charge is 0.395 e. The predicted octanol–water partition coefficient (Wildman–Crippen LogP) is 3.37. The molecule has 1 saturated heterocycles. The number of aromatic nitrogens is 1. The molecule has 1 aromatic heterocycles. The predicted molar refractivity (Wildman–Crippen MR) is 138 cm³/mol. The summed E-state index contributed by atoms with van der Waals surface area (Å²) in [4.78, 5) is 33.7. The van der Waals surface area contributed by atoms with Crippen molar-refractivity contribution in [3.8, 4) is 0 Å². The maximum Gasteiger partial charge on any atom is 0.254 e. The van der Waals surface area contributed by atoms with Crippen molar-refractivity contribution in [3.63, 3.8) is 0 Å². The monoisotopic (exact) mass is 479 g/mol. The highest BCUT2D eigenvalue weighted by Gasteiger charge is 2.27. The number of aliphatic hydroxyl groups is 1. The van der Waals surface area contributed by atoms with Crippen LogP contribution in [0.1, 0.15) is 58.9 Å². The fourth-order valence-electron chi connectivity index (χ4n) is 5.35. The normalized spacial score (nSPS) is 18.3. The molecule has 2 aliphatic heterocycles. The van der Waals surface area contributed by atoms with Gasteiger partial charge in [-0.1, -0.05) is 18.2 Å². The Labute approximate surface area is 207 Å². The van der Waals surface area contributed by atoms with Gasteiger partial charge in [0.05, 0.1) is 13.2 Å². The summed E-state index contributed by atoms with van der Waals surface area (Å²) in [7, 11) is 0. The molecular weight excluding hydrogens is 442 g/mol. The van der Waals surface area contributed by atoms with Crippen LogP contribution in [0.4, 0.5) is 5.69 Å². The fourth-order valence-corrected chi connectivity index (χ4v) is 5.35. The van der Waals surface area contributed by atoms with E-state index < -0.39 is 0 Å². The van der Waals surface area contributed by atoms with Crippen LogP contribution in [0.5, 0.6) is 0 Å². The number of β-amino-alcohol motifs (C(OH)–C–C–N with tert-alkyl or cyclic N) is 1. The lowest BCUT2D eigenvalue weighted by Crippen LogP contribution is -2.40. The van der Waals surface area contributed by atoms with E-state index >= 15 is 0 Å². The number of carbonyl (C=O) groups is 1. The number of anilines is 1. The second-order valence-corrected chi connectivity index (χ2v) is 9.38. The Kier molecular flexibility index (Phi) is 8.42. The molecule has 0 spiro atoms. The average Bonchev–Trinajstić information content (AvgIpc) is 2.85. The van der Waals surface area contributed by atoms with Gasteiger partial charge in [0.2, 0.25) is 0 Å². The van der Waals surface area contributed by atoms with Crippen molar-refractivity contribution in [1.29, 1.82) is 0 Å². The zero-order valence-corrected chi connectivity index (χ0v) is 20.9. The lowest BCUT2D eigenvalue weighted by atomic mass is 9.96. The molecule has 2 aromatic rings. The van der Waals surface area contributed by atoms with E-state index in [4.69, 9.17) is 4.74 Å². The maximum absolute atomic E-state index is 13.9. The van der Waals surface area contributed by atoms with Gasteiger partial charge < -0.3 is 24.6 Å². The van der Waals surface area contributed by atoms with Crippen molar-refractivity contribution in [2.75, 3.05) is 37.8 Å². The SMILES string of the molecule is CCN(c1cccc2c1C/C=C\CCc1cc(C)[nH]c(=O)c1CN(CCO)C2=O)C1CCOCC1. The van der Waals surface area contributed by atoms with Crippen molar-refractivity contribution in [3.05, 3.63) is 74.7 Å². The van der Waals surface area contributed by atoms with Gasteiger partial charge in [-0.25, -0.2) is 0 Å². The molecule has 0 radical (unpaired) electrons. The van der Waals surface area contributed by atoms with Gasteiger partial charge in [0.1, 0.15) is 0 Å². The quantitative estimate of drug-likeness (QED) is 0.643. The first-order chi connectivity index (χ1) is 17.0. The van der Waals surface area contributed by atoms with Crippen LogP contribution in [-0.4, -0.2) is 59.8 Å². The number of amides is 1. The molecule has 0 unspecified atom stereocenters. The van der Waals surface area contributed by atoms with Crippen molar-refractivity contribution < 1.29 is 14.6 Å². The summed E-state index contributed by atoms with van der Waals surface area (Å²) in [6.07, 6.45) is 8.45. The number of fused-ring (bicyclic) bond motifs is 2. The Morgan fingerprint density at radius 1 is 1.17 bits per heavy atom. The molecule has 1 aromatic carbocycles. The molecule has 1 amide bonds. The van der Waals surface area contributed by atoms with Crippen LogP contribution in [0.25, 0.3) is 0 Å². The summed E-state index contributed by atoms with van der Waals surface area (Å²) >= 11 is 0. The van der Waals surface area contributed by atoms with Gasteiger partial charge in [-0.2, -0.15) is 0 Å². The summed E-state index contributed by atoms with van der Waals surface area (Å²) in [5, 5.41) is 9.77. The van der Waals surface area contributed by atoms with Gasteiger partial charge in [-0.05, 0) is 75.3 Å². The van der Waals surface area contributed by atoms with Crippen LogP contribution in [0.3, 0.4) is 0 Å². The summed E-state index contributed by atoms with van der Waals surface area (Å²) in [6, 6.07) is 8.32. The van der Waals surface area contributed by atoms with Crippen LogP contribution in [0.15, 0.2) is 41.2 Å². The summed E-state index contributed by atoms with van der Waals surface area (Å²) < 4.78 is 5.59. The van der Waals surface area contributed by atoms with Gasteiger partial charge in [0, 0.05) is 54.9 Å². The number of allylic oxidation sites excluding steroid dienone is 2. The first kappa shape index (κ1) is 25.2. The molecule has 0 bridgehead atoms. The standard InChI is InChI=1S/C28H37N3O4/c1-3-31(22-12-16-35-17-13-22)26-11-7-10-24-23(26)9-6-4-5-8-21-18-20(2)29-27(33)25(21)19-30(14-15-32)28(24)34/h4,6-7,10-11,18,22,32H,3,5,8-9,12-17,19H2,1-2H3,(H,29,33)/b6-4-. The average molecular weight is 480 g/mol. The summed E-state index contributed by atoms with van der Waals surface area (Å²) in [5.74, 6) is -0.154. The third-order valence-electron chi connectivity index (χ3n) is 7.10. The van der Waals surface area contributed by atoms with Crippen molar-refractivity contribution in [1.82, 2.24) is 9.88 Å². The molecule has 3 heterocycles. The molecule has 0 aliphatic carbocycles. The third kappa shape index (κ3) is 5.68. The number of hydrogen-bond acceptors (Lipinski definition) is 5. The molecule has 7 heteroatoms. The molecular formula is C28H37N3O4. The third-order valence-corrected chi connectivity index (χ3v) is 7.10. The number of pyridine rings is 1. The minimum absolute atomic E-state index is 0.154. The number of hydrogen-bond donors (Lipinski definition) is 2. The molecule has 0 atom stereocenters. The molecule has 0 saturated carbocycles. The number of aryl methyl sites for hydroxylation is 2. The summed E-state index contributed by atoms with van der Waals surface area (Å²) in [6.45, 7) is 6.58. The van der Waals surface area contributed by atoms with Gasteiger partial charge >= 0.3 is 0 Å². The van der Waals surface area contributed by atoms with Gasteiger partial charge in [-0.15, -0.1) is 0 Å². The van der Waals surface area contributed by atoms with Gasteiger partial charge in [0.15, 0.2) is 0 Å². The zero-order valence-electron chi connectivity index (χ0n) is 20.9. The van der Waals surface area contributed by atoms with Crippen LogP contribution in [0, 0.1) is 6.92 Å². The zero-order chi connectivity index (χ0) is 24.8. The Hall–Kier alpha value is -2.90. The van der Waals surface area contributed by atoms with E-state index in [9.17, 15) is 14.7 Å². The number of nitrogens with one attached hydrogen (secondary N) is 1. The van der Waals surface area contributed by atoms with E-state index in [-0.39, 0.29) is 31.2 Å². The van der Waals surface area contributed by atoms with Crippen LogP contribution < -0.4 is 10.5 Å². The minimum Gasteiger partial charge on any atom is -0.395 e. The Morgan fingerprint density at radius 3 is 2.71 bits per heavy atom.